The zero-order valence-corrected chi connectivity index (χ0v) is 18.6. The minimum absolute atomic E-state index is 0.0829. The van der Waals surface area contributed by atoms with E-state index in [-0.39, 0.29) is 30.4 Å². The minimum atomic E-state index is -0.320. The molecule has 7 nitrogen and oxygen atoms in total. The van der Waals surface area contributed by atoms with Crippen LogP contribution >= 0.6 is 11.3 Å². The first-order chi connectivity index (χ1) is 16.1. The van der Waals surface area contributed by atoms with E-state index in [1.165, 1.54) is 4.90 Å². The number of fused-ring (bicyclic) bond motifs is 1. The van der Waals surface area contributed by atoms with Crippen LogP contribution in [0.5, 0.6) is 11.5 Å². The lowest BCUT2D eigenvalue weighted by Gasteiger charge is -2.17. The molecule has 168 valence electrons. The van der Waals surface area contributed by atoms with Gasteiger partial charge in [-0.3, -0.25) is 19.3 Å². The standard InChI is InChI=1S/C25H22N2O5S/c28-23(14-20-4-2-12-33-20)26-16-5-7-17(8-6-16)32-18-9-10-21-22(13-18)25(30)27(24(21)29)15-19-3-1-11-31-19/h2,4-10,12-13,19H,1,3,11,14-15H2,(H,26,28). The monoisotopic (exact) mass is 462 g/mol. The third-order valence-electron chi connectivity index (χ3n) is 5.64. The van der Waals surface area contributed by atoms with E-state index in [2.05, 4.69) is 5.32 Å². The van der Waals surface area contributed by atoms with Crippen molar-refractivity contribution in [2.24, 2.45) is 0 Å². The Morgan fingerprint density at radius 3 is 2.58 bits per heavy atom. The number of hydrogen-bond donors (Lipinski definition) is 1. The van der Waals surface area contributed by atoms with Crippen molar-refractivity contribution in [3.8, 4) is 11.5 Å². The smallest absolute Gasteiger partial charge is 0.261 e. The first-order valence-electron chi connectivity index (χ1n) is 10.8. The number of carbonyl (C=O) groups is 3. The Kier molecular flexibility index (Phi) is 5.93. The summed E-state index contributed by atoms with van der Waals surface area (Å²) in [6, 6.07) is 15.7. The molecule has 2 aliphatic rings. The number of anilines is 1. The van der Waals surface area contributed by atoms with E-state index in [1.54, 1.807) is 53.8 Å². The molecule has 5 rings (SSSR count). The van der Waals surface area contributed by atoms with Crippen LogP contribution in [-0.2, 0) is 16.0 Å². The molecule has 1 atom stereocenters. The van der Waals surface area contributed by atoms with Crippen molar-refractivity contribution in [1.29, 1.82) is 0 Å². The predicted octanol–water partition coefficient (Wildman–Crippen LogP) is 4.50. The normalized spacial score (nSPS) is 17.3. The van der Waals surface area contributed by atoms with Crippen molar-refractivity contribution >= 4 is 34.7 Å². The average Bonchev–Trinajstić information content (AvgIpc) is 3.56. The Morgan fingerprint density at radius 1 is 1.06 bits per heavy atom. The highest BCUT2D eigenvalue weighted by molar-refractivity contribution is 7.10. The molecule has 3 aromatic rings. The van der Waals surface area contributed by atoms with E-state index in [1.807, 2.05) is 17.5 Å². The van der Waals surface area contributed by atoms with Crippen LogP contribution in [0, 0.1) is 0 Å². The highest BCUT2D eigenvalue weighted by Crippen LogP contribution is 2.31. The van der Waals surface area contributed by atoms with E-state index < -0.39 is 0 Å². The summed E-state index contributed by atoms with van der Waals surface area (Å²) in [5, 5.41) is 4.81. The van der Waals surface area contributed by atoms with E-state index in [4.69, 9.17) is 9.47 Å². The number of amides is 3. The van der Waals surface area contributed by atoms with E-state index in [0.717, 1.165) is 17.7 Å². The van der Waals surface area contributed by atoms with Gasteiger partial charge in [-0.25, -0.2) is 0 Å². The van der Waals surface area contributed by atoms with Crippen LogP contribution in [0.25, 0.3) is 0 Å². The Bertz CT molecular complexity index is 1180. The number of nitrogens with one attached hydrogen (secondary N) is 1. The molecular formula is C25H22N2O5S. The molecule has 1 saturated heterocycles. The zero-order valence-electron chi connectivity index (χ0n) is 17.8. The highest BCUT2D eigenvalue weighted by Gasteiger charge is 2.37. The molecule has 8 heteroatoms. The fourth-order valence-corrected chi connectivity index (χ4v) is 4.71. The van der Waals surface area contributed by atoms with Gasteiger partial charge in [-0.1, -0.05) is 6.07 Å². The van der Waals surface area contributed by atoms with Gasteiger partial charge in [0.15, 0.2) is 0 Å². The molecule has 33 heavy (non-hydrogen) atoms. The quantitative estimate of drug-likeness (QED) is 0.523. The lowest BCUT2D eigenvalue weighted by Crippen LogP contribution is -2.36. The largest absolute Gasteiger partial charge is 0.457 e. The molecule has 0 saturated carbocycles. The summed E-state index contributed by atoms with van der Waals surface area (Å²) < 4.78 is 11.5. The van der Waals surface area contributed by atoms with Crippen LogP contribution in [0.1, 0.15) is 38.4 Å². The van der Waals surface area contributed by atoms with Crippen LogP contribution in [0.2, 0.25) is 0 Å². The number of ether oxygens (including phenoxy) is 2. The Hall–Kier alpha value is -3.49. The summed E-state index contributed by atoms with van der Waals surface area (Å²) in [7, 11) is 0. The molecule has 1 aromatic heterocycles. The van der Waals surface area contributed by atoms with Gasteiger partial charge in [-0.2, -0.15) is 0 Å². The van der Waals surface area contributed by atoms with Crippen LogP contribution in [0.4, 0.5) is 5.69 Å². The summed E-state index contributed by atoms with van der Waals surface area (Å²) in [6.07, 6.45) is 2.05. The molecule has 1 N–H and O–H groups in total. The van der Waals surface area contributed by atoms with E-state index in [9.17, 15) is 14.4 Å². The Balaban J connectivity index is 1.23. The first-order valence-corrected chi connectivity index (χ1v) is 11.7. The molecule has 1 fully saturated rings. The highest BCUT2D eigenvalue weighted by atomic mass is 32.1. The van der Waals surface area contributed by atoms with Crippen molar-refractivity contribution in [3.05, 3.63) is 76.0 Å². The lowest BCUT2D eigenvalue weighted by molar-refractivity contribution is -0.115. The number of benzene rings is 2. The van der Waals surface area contributed by atoms with Crippen molar-refractivity contribution in [1.82, 2.24) is 4.90 Å². The maximum absolute atomic E-state index is 12.8. The van der Waals surface area contributed by atoms with Gasteiger partial charge in [0.05, 0.1) is 30.2 Å². The molecule has 0 radical (unpaired) electrons. The van der Waals surface area contributed by atoms with Crippen molar-refractivity contribution in [2.75, 3.05) is 18.5 Å². The molecule has 0 spiro atoms. The summed E-state index contributed by atoms with van der Waals surface area (Å²) in [5.41, 5.74) is 1.39. The predicted molar refractivity (Wildman–Crippen MR) is 124 cm³/mol. The van der Waals surface area contributed by atoms with Crippen LogP contribution in [0.15, 0.2) is 60.0 Å². The fourth-order valence-electron chi connectivity index (χ4n) is 4.01. The summed E-state index contributed by atoms with van der Waals surface area (Å²) in [5.74, 6) is 0.322. The number of rotatable bonds is 7. The Labute approximate surface area is 194 Å². The summed E-state index contributed by atoms with van der Waals surface area (Å²) in [4.78, 5) is 39.9. The van der Waals surface area contributed by atoms with E-state index in [0.29, 0.717) is 41.3 Å². The zero-order chi connectivity index (χ0) is 22.8. The number of imide groups is 1. The van der Waals surface area contributed by atoms with Gasteiger partial charge in [-0.05, 0) is 66.8 Å². The molecule has 0 bridgehead atoms. The van der Waals surface area contributed by atoms with E-state index >= 15 is 0 Å². The van der Waals surface area contributed by atoms with Gasteiger partial charge in [0, 0.05) is 17.2 Å². The molecular weight excluding hydrogens is 440 g/mol. The van der Waals surface area contributed by atoms with Gasteiger partial charge in [0.2, 0.25) is 5.91 Å². The Morgan fingerprint density at radius 2 is 1.85 bits per heavy atom. The molecule has 0 aliphatic carbocycles. The van der Waals surface area contributed by atoms with Gasteiger partial charge in [0.25, 0.3) is 11.8 Å². The summed E-state index contributed by atoms with van der Waals surface area (Å²) >= 11 is 1.55. The second-order valence-corrected chi connectivity index (χ2v) is 9.03. The SMILES string of the molecule is O=C(Cc1cccs1)Nc1ccc(Oc2ccc3c(c2)C(=O)N(CC2CCCO2)C3=O)cc1. The second kappa shape index (κ2) is 9.17. The molecule has 3 amide bonds. The topological polar surface area (TPSA) is 84.9 Å². The summed E-state index contributed by atoms with van der Waals surface area (Å²) in [6.45, 7) is 0.950. The lowest BCUT2D eigenvalue weighted by atomic mass is 10.1. The van der Waals surface area contributed by atoms with Gasteiger partial charge >= 0.3 is 0 Å². The minimum Gasteiger partial charge on any atom is -0.457 e. The number of thiophene rings is 1. The van der Waals surface area contributed by atoms with Crippen molar-refractivity contribution in [3.63, 3.8) is 0 Å². The third-order valence-corrected chi connectivity index (χ3v) is 6.52. The molecule has 1 unspecified atom stereocenters. The maximum atomic E-state index is 12.8. The molecule has 2 aromatic carbocycles. The van der Waals surface area contributed by atoms with Crippen LogP contribution < -0.4 is 10.1 Å². The van der Waals surface area contributed by atoms with Crippen molar-refractivity contribution < 1.29 is 23.9 Å². The second-order valence-electron chi connectivity index (χ2n) is 7.99. The third kappa shape index (κ3) is 4.67. The number of nitrogens with zero attached hydrogens (tertiary/aromatic N) is 1. The van der Waals surface area contributed by atoms with Gasteiger partial charge < -0.3 is 14.8 Å². The molecule has 2 aliphatic heterocycles. The number of hydrogen-bond acceptors (Lipinski definition) is 6. The first kappa shape index (κ1) is 21.4. The molecule has 3 heterocycles. The van der Waals surface area contributed by atoms with Gasteiger partial charge in [-0.15, -0.1) is 11.3 Å². The van der Waals surface area contributed by atoms with Crippen molar-refractivity contribution in [2.45, 2.75) is 25.4 Å². The van der Waals surface area contributed by atoms with Crippen LogP contribution in [-0.4, -0.2) is 41.9 Å². The van der Waals surface area contributed by atoms with Gasteiger partial charge in [0.1, 0.15) is 11.5 Å². The van der Waals surface area contributed by atoms with Crippen LogP contribution in [0.3, 0.4) is 0 Å². The fraction of sp³-hybridized carbons (Fsp3) is 0.240. The average molecular weight is 463 g/mol. The number of carbonyl (C=O) groups excluding carboxylic acids is 3. The maximum Gasteiger partial charge on any atom is 0.261 e.